The minimum absolute atomic E-state index is 0.0608. The van der Waals surface area contributed by atoms with Gasteiger partial charge in [0, 0.05) is 12.1 Å². The molecular weight excluding hydrogens is 244 g/mol. The molecule has 0 fully saturated rings. The maximum atomic E-state index is 11.9. The van der Waals surface area contributed by atoms with E-state index in [-0.39, 0.29) is 12.5 Å². The summed E-state index contributed by atoms with van der Waals surface area (Å²) in [5.41, 5.74) is 1.24. The molecule has 0 aliphatic carbocycles. The fraction of sp³-hybridized carbons (Fsp3) is 0.429. The number of amides is 1. The van der Waals surface area contributed by atoms with Crippen molar-refractivity contribution >= 4 is 17.9 Å². The minimum Gasteiger partial charge on any atom is -0.482 e. The standard InChI is InChI=1S/C14H18N2O3/c1-15(2)6-3-7-16-12-8-11(9-17)4-5-13(12)19-10-14(16)18/h4-5,8-9H,3,6-7,10H2,1-2H3. The molecule has 1 amide bonds. The van der Waals surface area contributed by atoms with E-state index in [0.717, 1.165) is 19.3 Å². The Morgan fingerprint density at radius 3 is 2.89 bits per heavy atom. The van der Waals surface area contributed by atoms with Crippen LogP contribution in [0.5, 0.6) is 5.75 Å². The number of carbonyl (C=O) groups excluding carboxylic acids is 2. The minimum atomic E-state index is -0.0608. The van der Waals surface area contributed by atoms with Gasteiger partial charge in [0.2, 0.25) is 0 Å². The summed E-state index contributed by atoms with van der Waals surface area (Å²) >= 11 is 0. The first kappa shape index (κ1) is 13.5. The number of ether oxygens (including phenoxy) is 1. The number of fused-ring (bicyclic) bond motifs is 1. The molecule has 5 heteroatoms. The van der Waals surface area contributed by atoms with Crippen LogP contribution in [0.3, 0.4) is 0 Å². The molecule has 0 spiro atoms. The highest BCUT2D eigenvalue weighted by Crippen LogP contribution is 2.32. The summed E-state index contributed by atoms with van der Waals surface area (Å²) in [6.45, 7) is 1.61. The van der Waals surface area contributed by atoms with E-state index in [1.807, 2.05) is 14.1 Å². The van der Waals surface area contributed by atoms with Crippen LogP contribution in [0.4, 0.5) is 5.69 Å². The Labute approximate surface area is 112 Å². The van der Waals surface area contributed by atoms with E-state index in [2.05, 4.69) is 4.90 Å². The van der Waals surface area contributed by atoms with Gasteiger partial charge in [0.1, 0.15) is 12.0 Å². The summed E-state index contributed by atoms with van der Waals surface area (Å²) in [6, 6.07) is 5.14. The lowest BCUT2D eigenvalue weighted by Crippen LogP contribution is -2.40. The average Bonchev–Trinajstić information content (AvgIpc) is 2.40. The molecule has 1 aliphatic heterocycles. The van der Waals surface area contributed by atoms with Crippen molar-refractivity contribution in [3.05, 3.63) is 23.8 Å². The van der Waals surface area contributed by atoms with E-state index < -0.39 is 0 Å². The molecule has 0 N–H and O–H groups in total. The van der Waals surface area contributed by atoms with E-state index in [0.29, 0.717) is 23.5 Å². The lowest BCUT2D eigenvalue weighted by molar-refractivity contribution is -0.121. The van der Waals surface area contributed by atoms with Crippen molar-refractivity contribution in [3.63, 3.8) is 0 Å². The second kappa shape index (κ2) is 5.84. The van der Waals surface area contributed by atoms with Gasteiger partial charge in [0.05, 0.1) is 5.69 Å². The SMILES string of the molecule is CN(C)CCCN1C(=O)COc2ccc(C=O)cc21. The molecule has 1 aromatic carbocycles. The normalized spacial score (nSPS) is 14.3. The molecule has 102 valence electrons. The Morgan fingerprint density at radius 2 is 2.21 bits per heavy atom. The zero-order valence-electron chi connectivity index (χ0n) is 11.3. The van der Waals surface area contributed by atoms with E-state index in [4.69, 9.17) is 4.74 Å². The number of benzene rings is 1. The fourth-order valence-corrected chi connectivity index (χ4v) is 2.08. The van der Waals surface area contributed by atoms with Crippen LogP contribution < -0.4 is 9.64 Å². The first-order valence-electron chi connectivity index (χ1n) is 6.29. The third kappa shape index (κ3) is 3.12. The molecule has 0 radical (unpaired) electrons. The predicted octanol–water partition coefficient (Wildman–Crippen LogP) is 1.18. The summed E-state index contributed by atoms with van der Waals surface area (Å²) in [6.07, 6.45) is 1.65. The monoisotopic (exact) mass is 262 g/mol. The fourth-order valence-electron chi connectivity index (χ4n) is 2.08. The van der Waals surface area contributed by atoms with E-state index in [1.54, 1.807) is 23.1 Å². The van der Waals surface area contributed by atoms with Crippen LogP contribution in [0.25, 0.3) is 0 Å². The van der Waals surface area contributed by atoms with Gasteiger partial charge in [-0.2, -0.15) is 0 Å². The third-order valence-electron chi connectivity index (χ3n) is 3.05. The maximum absolute atomic E-state index is 11.9. The molecular formula is C14H18N2O3. The smallest absolute Gasteiger partial charge is 0.265 e. The number of anilines is 1. The van der Waals surface area contributed by atoms with Crippen LogP contribution in [-0.4, -0.2) is 50.9 Å². The second-order valence-electron chi connectivity index (χ2n) is 4.84. The number of nitrogens with zero attached hydrogens (tertiary/aromatic N) is 2. The largest absolute Gasteiger partial charge is 0.482 e. The molecule has 0 saturated carbocycles. The lowest BCUT2D eigenvalue weighted by Gasteiger charge is -2.30. The first-order valence-corrected chi connectivity index (χ1v) is 6.29. The van der Waals surface area contributed by atoms with Crippen molar-refractivity contribution in [3.8, 4) is 5.75 Å². The van der Waals surface area contributed by atoms with Crippen LogP contribution in [0.1, 0.15) is 16.8 Å². The van der Waals surface area contributed by atoms with Crippen molar-refractivity contribution in [2.24, 2.45) is 0 Å². The van der Waals surface area contributed by atoms with Crippen LogP contribution in [0.2, 0.25) is 0 Å². The lowest BCUT2D eigenvalue weighted by atomic mass is 10.1. The van der Waals surface area contributed by atoms with Crippen LogP contribution in [-0.2, 0) is 4.79 Å². The van der Waals surface area contributed by atoms with Gasteiger partial charge in [-0.3, -0.25) is 9.59 Å². The van der Waals surface area contributed by atoms with E-state index in [9.17, 15) is 9.59 Å². The number of rotatable bonds is 5. The quantitative estimate of drug-likeness (QED) is 0.748. The summed E-state index contributed by atoms with van der Waals surface area (Å²) in [5, 5.41) is 0. The Bertz CT molecular complexity index is 486. The zero-order chi connectivity index (χ0) is 13.8. The van der Waals surface area contributed by atoms with Crippen LogP contribution >= 0.6 is 0 Å². The number of hydrogen-bond donors (Lipinski definition) is 0. The van der Waals surface area contributed by atoms with Crippen molar-refractivity contribution < 1.29 is 14.3 Å². The van der Waals surface area contributed by atoms with Crippen LogP contribution in [0.15, 0.2) is 18.2 Å². The topological polar surface area (TPSA) is 49.9 Å². The molecule has 1 aliphatic rings. The number of hydrogen-bond acceptors (Lipinski definition) is 4. The van der Waals surface area contributed by atoms with E-state index in [1.165, 1.54) is 0 Å². The Balaban J connectivity index is 2.18. The Morgan fingerprint density at radius 1 is 1.42 bits per heavy atom. The predicted molar refractivity (Wildman–Crippen MR) is 72.8 cm³/mol. The van der Waals surface area contributed by atoms with Gasteiger partial charge in [-0.1, -0.05) is 0 Å². The molecule has 0 bridgehead atoms. The Kier molecular flexibility index (Phi) is 4.16. The summed E-state index contributed by atoms with van der Waals surface area (Å²) in [4.78, 5) is 26.5. The average molecular weight is 262 g/mol. The highest BCUT2D eigenvalue weighted by molar-refractivity contribution is 5.98. The molecule has 0 saturated heterocycles. The summed E-state index contributed by atoms with van der Waals surface area (Å²) in [7, 11) is 4.00. The highest BCUT2D eigenvalue weighted by Gasteiger charge is 2.25. The molecule has 1 heterocycles. The molecule has 19 heavy (non-hydrogen) atoms. The van der Waals surface area contributed by atoms with Gasteiger partial charge in [0.25, 0.3) is 5.91 Å². The van der Waals surface area contributed by atoms with Gasteiger partial charge >= 0.3 is 0 Å². The van der Waals surface area contributed by atoms with Gasteiger partial charge in [-0.25, -0.2) is 0 Å². The zero-order valence-corrected chi connectivity index (χ0v) is 11.3. The molecule has 0 atom stereocenters. The molecule has 1 aromatic rings. The van der Waals surface area contributed by atoms with Crippen LogP contribution in [0, 0.1) is 0 Å². The highest BCUT2D eigenvalue weighted by atomic mass is 16.5. The number of aldehydes is 1. The van der Waals surface area contributed by atoms with Crippen molar-refractivity contribution in [2.75, 3.05) is 38.7 Å². The molecule has 5 nitrogen and oxygen atoms in total. The second-order valence-corrected chi connectivity index (χ2v) is 4.84. The maximum Gasteiger partial charge on any atom is 0.265 e. The van der Waals surface area contributed by atoms with Gasteiger partial charge in [0.15, 0.2) is 6.61 Å². The van der Waals surface area contributed by atoms with Crippen molar-refractivity contribution in [2.45, 2.75) is 6.42 Å². The first-order chi connectivity index (χ1) is 9.11. The Hall–Kier alpha value is -1.88. The van der Waals surface area contributed by atoms with Gasteiger partial charge in [-0.15, -0.1) is 0 Å². The van der Waals surface area contributed by atoms with Crippen molar-refractivity contribution in [1.82, 2.24) is 4.90 Å². The molecule has 0 unspecified atom stereocenters. The van der Waals surface area contributed by atoms with Gasteiger partial charge in [-0.05, 0) is 45.3 Å². The van der Waals surface area contributed by atoms with E-state index >= 15 is 0 Å². The molecule has 2 rings (SSSR count). The summed E-state index contributed by atoms with van der Waals surface area (Å²) < 4.78 is 5.38. The third-order valence-corrected chi connectivity index (χ3v) is 3.05. The van der Waals surface area contributed by atoms with Crippen molar-refractivity contribution in [1.29, 1.82) is 0 Å². The molecule has 0 aromatic heterocycles. The van der Waals surface area contributed by atoms with Gasteiger partial charge < -0.3 is 14.5 Å². The number of carbonyl (C=O) groups is 2. The summed E-state index contributed by atoms with van der Waals surface area (Å²) in [5.74, 6) is 0.601.